The zero-order valence-corrected chi connectivity index (χ0v) is 13.9. The molecule has 1 amide bonds. The Hall–Kier alpha value is -3.23. The topological polar surface area (TPSA) is 127 Å². The number of carboxylic acids is 1. The number of rotatable bonds is 7. The molecule has 0 aliphatic rings. The van der Waals surface area contributed by atoms with Gasteiger partial charge in [0.1, 0.15) is 11.4 Å². The van der Waals surface area contributed by atoms with Crippen molar-refractivity contribution in [3.8, 4) is 0 Å². The number of hydrogen-bond donors (Lipinski definition) is 2. The van der Waals surface area contributed by atoms with E-state index in [2.05, 4.69) is 10.4 Å². The second kappa shape index (κ2) is 7.56. The fourth-order valence-electron chi connectivity index (χ4n) is 2.55. The predicted molar refractivity (Wildman–Crippen MR) is 89.4 cm³/mol. The van der Waals surface area contributed by atoms with Crippen LogP contribution in [0.4, 0.5) is 11.4 Å². The van der Waals surface area contributed by atoms with E-state index in [-0.39, 0.29) is 31.0 Å². The first-order valence-electron chi connectivity index (χ1n) is 7.57. The molecule has 0 aliphatic heterocycles. The number of benzene rings is 1. The number of anilines is 1. The number of carboxylic acid groups (broad SMARTS) is 1. The summed E-state index contributed by atoms with van der Waals surface area (Å²) in [7, 11) is 0. The zero-order chi connectivity index (χ0) is 18.6. The summed E-state index contributed by atoms with van der Waals surface area (Å²) < 4.78 is 1.43. The molecular weight excluding hydrogens is 328 g/mol. The first kappa shape index (κ1) is 18.1. The number of aryl methyl sites for hydroxylation is 2. The number of amides is 1. The van der Waals surface area contributed by atoms with Crippen LogP contribution in [0.15, 0.2) is 24.3 Å². The Bertz CT molecular complexity index is 828. The summed E-state index contributed by atoms with van der Waals surface area (Å²) in [6, 6.07) is 6.66. The quantitative estimate of drug-likeness (QED) is 0.583. The molecule has 132 valence electrons. The number of hydrogen-bond acceptors (Lipinski definition) is 5. The van der Waals surface area contributed by atoms with Crippen LogP contribution < -0.4 is 5.32 Å². The van der Waals surface area contributed by atoms with E-state index in [1.807, 2.05) is 0 Å². The molecule has 1 aromatic carbocycles. The van der Waals surface area contributed by atoms with E-state index in [9.17, 15) is 19.7 Å². The Balaban J connectivity index is 2.04. The van der Waals surface area contributed by atoms with Gasteiger partial charge in [-0.05, 0) is 25.5 Å². The lowest BCUT2D eigenvalue weighted by atomic mass is 10.1. The van der Waals surface area contributed by atoms with Crippen LogP contribution in [0.1, 0.15) is 23.4 Å². The van der Waals surface area contributed by atoms with Crippen LogP contribution >= 0.6 is 0 Å². The summed E-state index contributed by atoms with van der Waals surface area (Å²) in [5.41, 5.74) is 1.59. The molecule has 0 bridgehead atoms. The van der Waals surface area contributed by atoms with Crippen molar-refractivity contribution in [1.29, 1.82) is 0 Å². The summed E-state index contributed by atoms with van der Waals surface area (Å²) >= 11 is 0. The SMILES string of the molecule is Cc1nn(CCC(=O)Nc2ccccc2CC(=O)O)c(C)c1[N+](=O)[O-]. The van der Waals surface area contributed by atoms with Gasteiger partial charge in [0, 0.05) is 12.1 Å². The van der Waals surface area contributed by atoms with Gasteiger partial charge in [-0.15, -0.1) is 0 Å². The van der Waals surface area contributed by atoms with E-state index in [4.69, 9.17) is 5.11 Å². The average Bonchev–Trinajstić information content (AvgIpc) is 2.81. The maximum absolute atomic E-state index is 12.1. The molecule has 0 radical (unpaired) electrons. The van der Waals surface area contributed by atoms with Gasteiger partial charge in [-0.3, -0.25) is 24.4 Å². The molecule has 0 unspecified atom stereocenters. The Morgan fingerprint density at radius 3 is 2.60 bits per heavy atom. The van der Waals surface area contributed by atoms with Gasteiger partial charge >= 0.3 is 11.7 Å². The third-order valence-corrected chi connectivity index (χ3v) is 3.71. The Kier molecular flexibility index (Phi) is 5.48. The van der Waals surface area contributed by atoms with E-state index < -0.39 is 10.9 Å². The van der Waals surface area contributed by atoms with E-state index in [1.54, 1.807) is 38.1 Å². The normalized spacial score (nSPS) is 10.5. The molecule has 2 aromatic rings. The van der Waals surface area contributed by atoms with E-state index >= 15 is 0 Å². The first-order chi connectivity index (χ1) is 11.8. The number of carbonyl (C=O) groups is 2. The van der Waals surface area contributed by atoms with Gasteiger partial charge in [0.05, 0.1) is 17.9 Å². The molecule has 9 heteroatoms. The summed E-state index contributed by atoms with van der Waals surface area (Å²) in [6.45, 7) is 3.31. The molecule has 0 aliphatic carbocycles. The molecule has 0 atom stereocenters. The number of para-hydroxylation sites is 1. The van der Waals surface area contributed by atoms with Crippen LogP contribution in [0.3, 0.4) is 0 Å². The van der Waals surface area contributed by atoms with Crippen LogP contribution in [0, 0.1) is 24.0 Å². The highest BCUT2D eigenvalue weighted by Gasteiger charge is 2.21. The van der Waals surface area contributed by atoms with E-state index in [1.165, 1.54) is 4.68 Å². The molecule has 2 rings (SSSR count). The van der Waals surface area contributed by atoms with Crippen molar-refractivity contribution in [1.82, 2.24) is 9.78 Å². The second-order valence-electron chi connectivity index (χ2n) is 5.53. The van der Waals surface area contributed by atoms with Crippen LogP contribution in [0.25, 0.3) is 0 Å². The minimum Gasteiger partial charge on any atom is -0.481 e. The van der Waals surface area contributed by atoms with Crippen molar-refractivity contribution < 1.29 is 19.6 Å². The van der Waals surface area contributed by atoms with Gasteiger partial charge in [-0.1, -0.05) is 18.2 Å². The molecular formula is C16H18N4O5. The number of aliphatic carboxylic acids is 1. The molecule has 1 heterocycles. The summed E-state index contributed by atoms with van der Waals surface area (Å²) in [4.78, 5) is 33.5. The fourth-order valence-corrected chi connectivity index (χ4v) is 2.55. The van der Waals surface area contributed by atoms with Gasteiger partial charge < -0.3 is 10.4 Å². The Labute approximate surface area is 143 Å². The Morgan fingerprint density at radius 2 is 2.00 bits per heavy atom. The van der Waals surface area contributed by atoms with E-state index in [0.29, 0.717) is 22.6 Å². The van der Waals surface area contributed by atoms with Gasteiger partial charge in [-0.25, -0.2) is 0 Å². The van der Waals surface area contributed by atoms with E-state index in [0.717, 1.165) is 0 Å². The number of carbonyl (C=O) groups excluding carboxylic acids is 1. The van der Waals surface area contributed by atoms with Crippen LogP contribution in [0.2, 0.25) is 0 Å². The molecule has 0 fully saturated rings. The number of nitro groups is 1. The molecule has 25 heavy (non-hydrogen) atoms. The smallest absolute Gasteiger partial charge is 0.312 e. The van der Waals surface area contributed by atoms with Gasteiger partial charge in [0.25, 0.3) is 0 Å². The van der Waals surface area contributed by atoms with Crippen molar-refractivity contribution in [2.24, 2.45) is 0 Å². The third kappa shape index (κ3) is 4.40. The summed E-state index contributed by atoms with van der Waals surface area (Å²) in [6.07, 6.45) is -0.138. The largest absolute Gasteiger partial charge is 0.481 e. The van der Waals surface area contributed by atoms with Gasteiger partial charge in [0.15, 0.2) is 0 Å². The maximum Gasteiger partial charge on any atom is 0.312 e. The van der Waals surface area contributed by atoms with Gasteiger partial charge in [-0.2, -0.15) is 5.10 Å². The van der Waals surface area contributed by atoms with Gasteiger partial charge in [0.2, 0.25) is 5.91 Å². The number of nitrogens with one attached hydrogen (secondary N) is 1. The fraction of sp³-hybridized carbons (Fsp3) is 0.312. The van der Waals surface area contributed by atoms with Crippen LogP contribution in [0.5, 0.6) is 0 Å². The minimum atomic E-state index is -0.989. The van der Waals surface area contributed by atoms with Crippen molar-refractivity contribution in [2.75, 3.05) is 5.32 Å². The lowest BCUT2D eigenvalue weighted by molar-refractivity contribution is -0.386. The summed E-state index contributed by atoms with van der Waals surface area (Å²) in [5.74, 6) is -1.32. The molecule has 9 nitrogen and oxygen atoms in total. The lowest BCUT2D eigenvalue weighted by Crippen LogP contribution is -2.17. The van der Waals surface area contributed by atoms with Crippen molar-refractivity contribution in [3.05, 3.63) is 51.3 Å². The first-order valence-corrected chi connectivity index (χ1v) is 7.57. The van der Waals surface area contributed by atoms with Crippen molar-refractivity contribution in [3.63, 3.8) is 0 Å². The molecule has 0 saturated carbocycles. The second-order valence-corrected chi connectivity index (χ2v) is 5.53. The molecule has 2 N–H and O–H groups in total. The van der Waals surface area contributed by atoms with Crippen LogP contribution in [-0.2, 0) is 22.6 Å². The molecule has 0 saturated heterocycles. The van der Waals surface area contributed by atoms with Crippen molar-refractivity contribution >= 4 is 23.3 Å². The number of aromatic nitrogens is 2. The minimum absolute atomic E-state index is 0.0489. The predicted octanol–water partition coefficient (Wildman–Crippen LogP) is 2.06. The highest BCUT2D eigenvalue weighted by atomic mass is 16.6. The highest BCUT2D eigenvalue weighted by molar-refractivity contribution is 5.92. The number of nitrogens with zero attached hydrogens (tertiary/aromatic N) is 3. The Morgan fingerprint density at radius 1 is 1.32 bits per heavy atom. The average molecular weight is 346 g/mol. The zero-order valence-electron chi connectivity index (χ0n) is 13.9. The standard InChI is InChI=1S/C16H18N4O5/c1-10-16(20(24)25)11(2)19(18-10)8-7-14(21)17-13-6-4-3-5-12(13)9-15(22)23/h3-6H,7-9H2,1-2H3,(H,17,21)(H,22,23). The molecule has 0 spiro atoms. The maximum atomic E-state index is 12.1. The highest BCUT2D eigenvalue weighted by Crippen LogP contribution is 2.22. The monoisotopic (exact) mass is 346 g/mol. The van der Waals surface area contributed by atoms with Crippen LogP contribution in [-0.4, -0.2) is 31.7 Å². The summed E-state index contributed by atoms with van der Waals surface area (Å²) in [5, 5.41) is 26.6. The lowest BCUT2D eigenvalue weighted by Gasteiger charge is -2.10. The third-order valence-electron chi connectivity index (χ3n) is 3.71. The van der Waals surface area contributed by atoms with Crippen molar-refractivity contribution in [2.45, 2.75) is 33.2 Å². The molecule has 1 aromatic heterocycles.